The summed E-state index contributed by atoms with van der Waals surface area (Å²) in [6, 6.07) is 7.89. The van der Waals surface area contributed by atoms with Crippen molar-refractivity contribution < 1.29 is 4.79 Å². The van der Waals surface area contributed by atoms with Crippen molar-refractivity contribution in [1.82, 2.24) is 10.2 Å². The molecule has 2 rings (SSSR count). The van der Waals surface area contributed by atoms with Crippen LogP contribution in [0.25, 0.3) is 0 Å². The van der Waals surface area contributed by atoms with Gasteiger partial charge in [0.15, 0.2) is 0 Å². The molecule has 3 heteroatoms. The predicted octanol–water partition coefficient (Wildman–Crippen LogP) is 1.75. The summed E-state index contributed by atoms with van der Waals surface area (Å²) in [6.45, 7) is 3.99. The smallest absolute Gasteiger partial charge is 0.245 e. The molecule has 19 heavy (non-hydrogen) atoms. The maximum atomic E-state index is 12.6. The third-order valence-electron chi connectivity index (χ3n) is 3.44. The van der Waals surface area contributed by atoms with Crippen LogP contribution < -0.4 is 5.32 Å². The Morgan fingerprint density at radius 3 is 3.05 bits per heavy atom. The average Bonchev–Trinajstić information content (AvgIpc) is 2.46. The zero-order valence-electron chi connectivity index (χ0n) is 11.4. The van der Waals surface area contributed by atoms with E-state index in [9.17, 15) is 4.79 Å². The van der Waals surface area contributed by atoms with Crippen molar-refractivity contribution in [2.24, 2.45) is 0 Å². The Bertz CT molecular complexity index is 490. The molecule has 3 nitrogen and oxygen atoms in total. The number of nitrogens with zero attached hydrogens (tertiary/aromatic N) is 1. The van der Waals surface area contributed by atoms with Crippen molar-refractivity contribution in [3.05, 3.63) is 35.4 Å². The summed E-state index contributed by atoms with van der Waals surface area (Å²) in [4.78, 5) is 14.4. The molecule has 1 unspecified atom stereocenters. The Morgan fingerprint density at radius 2 is 2.32 bits per heavy atom. The van der Waals surface area contributed by atoms with Gasteiger partial charge < -0.3 is 10.2 Å². The summed E-state index contributed by atoms with van der Waals surface area (Å²) < 4.78 is 0. The molecule has 1 aromatic rings. The van der Waals surface area contributed by atoms with E-state index in [4.69, 9.17) is 6.42 Å². The molecular formula is C16H20N2O. The number of carbonyl (C=O) groups excluding carboxylic acids is 1. The molecule has 0 aromatic heterocycles. The van der Waals surface area contributed by atoms with E-state index in [0.717, 1.165) is 24.9 Å². The van der Waals surface area contributed by atoms with Gasteiger partial charge in [0, 0.05) is 13.1 Å². The van der Waals surface area contributed by atoms with Crippen LogP contribution in [0.3, 0.4) is 0 Å². The van der Waals surface area contributed by atoms with Gasteiger partial charge in [-0.15, -0.1) is 6.42 Å². The number of rotatable bonds is 4. The molecule has 1 amide bonds. The molecule has 0 bridgehead atoms. The molecular weight excluding hydrogens is 236 g/mol. The van der Waals surface area contributed by atoms with Crippen molar-refractivity contribution in [2.75, 3.05) is 19.6 Å². The minimum absolute atomic E-state index is 0.0898. The van der Waals surface area contributed by atoms with E-state index in [1.54, 1.807) is 4.90 Å². The van der Waals surface area contributed by atoms with Gasteiger partial charge in [-0.1, -0.05) is 37.1 Å². The van der Waals surface area contributed by atoms with E-state index < -0.39 is 0 Å². The lowest BCUT2D eigenvalue weighted by Crippen LogP contribution is -2.44. The lowest BCUT2D eigenvalue weighted by atomic mass is 9.93. The second-order valence-corrected chi connectivity index (χ2v) is 4.80. The summed E-state index contributed by atoms with van der Waals surface area (Å²) in [7, 11) is 0. The van der Waals surface area contributed by atoms with Gasteiger partial charge in [0.05, 0.1) is 6.54 Å². The predicted molar refractivity (Wildman–Crippen MR) is 76.6 cm³/mol. The molecule has 0 radical (unpaired) electrons. The van der Waals surface area contributed by atoms with Gasteiger partial charge in [-0.2, -0.15) is 0 Å². The lowest BCUT2D eigenvalue weighted by Gasteiger charge is -2.30. The molecule has 1 atom stereocenters. The maximum absolute atomic E-state index is 12.6. The van der Waals surface area contributed by atoms with Crippen LogP contribution in [0.5, 0.6) is 0 Å². The molecule has 1 aliphatic heterocycles. The lowest BCUT2D eigenvalue weighted by molar-refractivity contribution is -0.133. The summed E-state index contributed by atoms with van der Waals surface area (Å²) in [5.74, 6) is 2.66. The molecule has 100 valence electrons. The van der Waals surface area contributed by atoms with E-state index in [-0.39, 0.29) is 11.9 Å². The number of hydrogen-bond donors (Lipinski definition) is 1. The fourth-order valence-corrected chi connectivity index (χ4v) is 2.55. The largest absolute Gasteiger partial charge is 0.330 e. The summed E-state index contributed by atoms with van der Waals surface area (Å²) in [5, 5.41) is 3.31. The topological polar surface area (TPSA) is 32.3 Å². The van der Waals surface area contributed by atoms with Gasteiger partial charge in [0.25, 0.3) is 0 Å². The second kappa shape index (κ2) is 6.40. The SMILES string of the molecule is C#CCN(CCC)C(=O)C1NCCc2ccccc21. The first-order valence-corrected chi connectivity index (χ1v) is 6.81. The highest BCUT2D eigenvalue weighted by atomic mass is 16.2. The molecule has 0 saturated carbocycles. The van der Waals surface area contributed by atoms with Gasteiger partial charge in [-0.25, -0.2) is 0 Å². The summed E-state index contributed by atoms with van der Waals surface area (Å²) in [6.07, 6.45) is 7.25. The summed E-state index contributed by atoms with van der Waals surface area (Å²) >= 11 is 0. The molecule has 1 aliphatic rings. The van der Waals surface area contributed by atoms with Crippen LogP contribution in [0.15, 0.2) is 24.3 Å². The fourth-order valence-electron chi connectivity index (χ4n) is 2.55. The Balaban J connectivity index is 2.22. The zero-order chi connectivity index (χ0) is 13.7. The van der Waals surface area contributed by atoms with Crippen LogP contribution in [0.4, 0.5) is 0 Å². The Morgan fingerprint density at radius 1 is 1.53 bits per heavy atom. The first-order valence-electron chi connectivity index (χ1n) is 6.81. The minimum atomic E-state index is -0.246. The summed E-state index contributed by atoms with van der Waals surface area (Å²) in [5.41, 5.74) is 2.36. The highest BCUT2D eigenvalue weighted by molar-refractivity contribution is 5.84. The van der Waals surface area contributed by atoms with Gasteiger partial charge in [0.1, 0.15) is 6.04 Å². The third kappa shape index (κ3) is 2.97. The second-order valence-electron chi connectivity index (χ2n) is 4.80. The molecule has 0 fully saturated rings. The quantitative estimate of drug-likeness (QED) is 0.832. The van der Waals surface area contributed by atoms with Crippen molar-refractivity contribution in [2.45, 2.75) is 25.8 Å². The van der Waals surface area contributed by atoms with Crippen molar-refractivity contribution in [3.63, 3.8) is 0 Å². The molecule has 1 aromatic carbocycles. The molecule has 0 spiro atoms. The van der Waals surface area contributed by atoms with Crippen LogP contribution in [0.2, 0.25) is 0 Å². The van der Waals surface area contributed by atoms with Crippen molar-refractivity contribution in [1.29, 1.82) is 0 Å². The van der Waals surface area contributed by atoms with Crippen LogP contribution in [0, 0.1) is 12.3 Å². The van der Waals surface area contributed by atoms with Gasteiger partial charge in [-0.05, 0) is 24.0 Å². The average molecular weight is 256 g/mol. The normalized spacial score (nSPS) is 17.4. The number of hydrogen-bond acceptors (Lipinski definition) is 2. The van der Waals surface area contributed by atoms with E-state index in [2.05, 4.69) is 24.2 Å². The number of terminal acetylenes is 1. The first kappa shape index (κ1) is 13.6. The van der Waals surface area contributed by atoms with Gasteiger partial charge >= 0.3 is 0 Å². The zero-order valence-corrected chi connectivity index (χ0v) is 11.4. The van der Waals surface area contributed by atoms with Gasteiger partial charge in [0.2, 0.25) is 5.91 Å². The van der Waals surface area contributed by atoms with Gasteiger partial charge in [-0.3, -0.25) is 4.79 Å². The van der Waals surface area contributed by atoms with Crippen LogP contribution >= 0.6 is 0 Å². The third-order valence-corrected chi connectivity index (χ3v) is 3.44. The maximum Gasteiger partial charge on any atom is 0.245 e. The Hall–Kier alpha value is -1.79. The number of nitrogens with one attached hydrogen (secondary N) is 1. The Kier molecular flexibility index (Phi) is 4.59. The minimum Gasteiger partial charge on any atom is -0.330 e. The standard InChI is InChI=1S/C16H20N2O/c1-3-11-18(12-4-2)16(19)15-14-8-6-5-7-13(14)9-10-17-15/h1,5-8,15,17H,4,9-12H2,2H3. The van der Waals surface area contributed by atoms with E-state index in [1.807, 2.05) is 18.2 Å². The highest BCUT2D eigenvalue weighted by Gasteiger charge is 2.28. The molecule has 1 N–H and O–H groups in total. The van der Waals surface area contributed by atoms with Crippen LogP contribution in [-0.4, -0.2) is 30.4 Å². The van der Waals surface area contributed by atoms with E-state index >= 15 is 0 Å². The molecule has 1 heterocycles. The molecule has 0 aliphatic carbocycles. The number of carbonyl (C=O) groups is 1. The number of benzene rings is 1. The first-order chi connectivity index (χ1) is 9.27. The van der Waals surface area contributed by atoms with Crippen LogP contribution in [0.1, 0.15) is 30.5 Å². The van der Waals surface area contributed by atoms with E-state index in [1.165, 1.54) is 5.56 Å². The van der Waals surface area contributed by atoms with Crippen LogP contribution in [-0.2, 0) is 11.2 Å². The number of amides is 1. The Labute approximate surface area is 115 Å². The molecule has 0 saturated heterocycles. The van der Waals surface area contributed by atoms with Crippen molar-refractivity contribution >= 4 is 5.91 Å². The monoisotopic (exact) mass is 256 g/mol. The van der Waals surface area contributed by atoms with Crippen molar-refractivity contribution in [3.8, 4) is 12.3 Å². The highest BCUT2D eigenvalue weighted by Crippen LogP contribution is 2.24. The fraction of sp³-hybridized carbons (Fsp3) is 0.438. The van der Waals surface area contributed by atoms with E-state index in [0.29, 0.717) is 13.1 Å². The number of fused-ring (bicyclic) bond motifs is 1.